The molecule has 0 spiro atoms. The molecule has 6 heteroatoms. The van der Waals surface area contributed by atoms with Crippen molar-refractivity contribution >= 4 is 10.9 Å². The summed E-state index contributed by atoms with van der Waals surface area (Å²) < 4.78 is 5.40. The van der Waals surface area contributed by atoms with E-state index in [2.05, 4.69) is 37.2 Å². The van der Waals surface area contributed by atoms with Gasteiger partial charge in [0.05, 0.1) is 23.2 Å². The zero-order valence-electron chi connectivity index (χ0n) is 13.6. The first-order valence-corrected chi connectivity index (χ1v) is 8.40. The lowest BCUT2D eigenvalue weighted by molar-refractivity contribution is 0.241. The zero-order chi connectivity index (χ0) is 16.6. The predicted octanol–water partition coefficient (Wildman–Crippen LogP) is 3.17. The van der Waals surface area contributed by atoms with Gasteiger partial charge in [0.25, 0.3) is 0 Å². The summed E-state index contributed by atoms with van der Waals surface area (Å²) in [5.41, 5.74) is 4.48. The van der Waals surface area contributed by atoms with Crippen LogP contribution in [0.5, 0.6) is 0 Å². The molecule has 5 rings (SSSR count). The molecular formula is C19H17N5O. The minimum atomic E-state index is 0.664. The number of hydrogen-bond donors (Lipinski definition) is 1. The van der Waals surface area contributed by atoms with Crippen molar-refractivity contribution in [2.75, 3.05) is 6.54 Å². The highest BCUT2D eigenvalue weighted by Gasteiger charge is 2.20. The smallest absolute Gasteiger partial charge is 0.195 e. The maximum absolute atomic E-state index is 5.40. The highest BCUT2D eigenvalue weighted by atomic mass is 16.3. The summed E-state index contributed by atoms with van der Waals surface area (Å²) in [6, 6.07) is 12.0. The zero-order valence-corrected chi connectivity index (χ0v) is 13.6. The second kappa shape index (κ2) is 5.82. The molecule has 0 fully saturated rings. The molecule has 1 aromatic carbocycles. The molecule has 0 saturated heterocycles. The largest absolute Gasteiger partial charge is 0.461 e. The number of benzene rings is 1. The number of furan rings is 1. The highest BCUT2D eigenvalue weighted by Crippen LogP contribution is 2.23. The van der Waals surface area contributed by atoms with Gasteiger partial charge in [-0.3, -0.25) is 10.00 Å². The summed E-state index contributed by atoms with van der Waals surface area (Å²) in [7, 11) is 0. The molecule has 0 unspecified atom stereocenters. The lowest BCUT2D eigenvalue weighted by atomic mass is 10.1. The lowest BCUT2D eigenvalue weighted by Crippen LogP contribution is -2.31. The predicted molar refractivity (Wildman–Crippen MR) is 93.6 cm³/mol. The molecule has 0 radical (unpaired) electrons. The van der Waals surface area contributed by atoms with E-state index in [0.29, 0.717) is 11.6 Å². The van der Waals surface area contributed by atoms with Gasteiger partial charge in [0, 0.05) is 43.2 Å². The summed E-state index contributed by atoms with van der Waals surface area (Å²) in [6.45, 7) is 2.66. The fourth-order valence-electron chi connectivity index (χ4n) is 3.39. The normalized spacial score (nSPS) is 14.7. The molecule has 0 saturated carbocycles. The molecule has 4 aromatic rings. The Kier molecular flexibility index (Phi) is 3.34. The Morgan fingerprint density at radius 1 is 1.16 bits per heavy atom. The number of nitrogens with zero attached hydrogens (tertiary/aromatic N) is 4. The van der Waals surface area contributed by atoms with E-state index >= 15 is 0 Å². The second-order valence-electron chi connectivity index (χ2n) is 6.32. The van der Waals surface area contributed by atoms with E-state index in [-0.39, 0.29) is 0 Å². The van der Waals surface area contributed by atoms with Gasteiger partial charge in [0.1, 0.15) is 0 Å². The van der Waals surface area contributed by atoms with E-state index in [1.807, 2.05) is 30.5 Å². The first kappa shape index (κ1) is 14.4. The molecule has 3 aromatic heterocycles. The summed E-state index contributed by atoms with van der Waals surface area (Å²) in [5, 5.41) is 8.75. The van der Waals surface area contributed by atoms with Crippen LogP contribution in [-0.4, -0.2) is 31.6 Å². The van der Waals surface area contributed by atoms with Gasteiger partial charge < -0.3 is 4.42 Å². The Morgan fingerprint density at radius 2 is 2.12 bits per heavy atom. The first-order chi connectivity index (χ1) is 12.4. The number of nitrogens with one attached hydrogen (secondary N) is 1. The Morgan fingerprint density at radius 3 is 3.04 bits per heavy atom. The van der Waals surface area contributed by atoms with Crippen molar-refractivity contribution in [1.82, 2.24) is 25.1 Å². The van der Waals surface area contributed by atoms with Crippen LogP contribution in [0.2, 0.25) is 0 Å². The number of hydrogen-bond acceptors (Lipinski definition) is 5. The standard InChI is InChI=1S/C19H17N5O/c1-2-5-16-14(4-1)17(23-22-16)12-24-8-7-15-13(11-24)10-20-19(21-15)18-6-3-9-25-18/h1-6,9-10H,7-8,11-12H2,(H,22,23). The van der Waals surface area contributed by atoms with E-state index in [1.54, 1.807) is 6.26 Å². The Hall–Kier alpha value is -2.99. The van der Waals surface area contributed by atoms with Crippen molar-refractivity contribution < 1.29 is 4.42 Å². The average Bonchev–Trinajstić information content (AvgIpc) is 3.32. The number of fused-ring (bicyclic) bond motifs is 2. The van der Waals surface area contributed by atoms with Gasteiger partial charge in [-0.05, 0) is 18.2 Å². The van der Waals surface area contributed by atoms with Crippen molar-refractivity contribution in [3.63, 3.8) is 0 Å². The quantitative estimate of drug-likeness (QED) is 0.624. The number of aromatic nitrogens is 4. The first-order valence-electron chi connectivity index (χ1n) is 8.40. The Balaban J connectivity index is 1.37. The molecule has 124 valence electrons. The SMILES string of the molecule is c1coc(-c2ncc3c(n2)CCN(Cc2[nH]nc4ccccc24)C3)c1. The molecule has 1 aliphatic heterocycles. The third-order valence-electron chi connectivity index (χ3n) is 4.68. The van der Waals surface area contributed by atoms with Gasteiger partial charge in [-0.2, -0.15) is 5.10 Å². The molecule has 4 heterocycles. The third-order valence-corrected chi connectivity index (χ3v) is 4.68. The van der Waals surface area contributed by atoms with Crippen LogP contribution in [0.3, 0.4) is 0 Å². The number of rotatable bonds is 3. The minimum Gasteiger partial charge on any atom is -0.461 e. The fourth-order valence-corrected chi connectivity index (χ4v) is 3.39. The van der Waals surface area contributed by atoms with Crippen molar-refractivity contribution in [3.8, 4) is 11.6 Å². The highest BCUT2D eigenvalue weighted by molar-refractivity contribution is 5.81. The van der Waals surface area contributed by atoms with Gasteiger partial charge in [-0.25, -0.2) is 9.97 Å². The van der Waals surface area contributed by atoms with Gasteiger partial charge in [0.15, 0.2) is 11.6 Å². The van der Waals surface area contributed by atoms with Crippen LogP contribution >= 0.6 is 0 Å². The number of para-hydroxylation sites is 1. The maximum atomic E-state index is 5.40. The van der Waals surface area contributed by atoms with Crippen LogP contribution in [0.1, 0.15) is 17.0 Å². The fraction of sp³-hybridized carbons (Fsp3) is 0.211. The minimum absolute atomic E-state index is 0.664. The van der Waals surface area contributed by atoms with Gasteiger partial charge in [-0.15, -0.1) is 0 Å². The number of aromatic amines is 1. The molecule has 0 amide bonds. The van der Waals surface area contributed by atoms with Crippen molar-refractivity contribution in [3.05, 3.63) is 65.8 Å². The van der Waals surface area contributed by atoms with Crippen molar-refractivity contribution in [1.29, 1.82) is 0 Å². The Labute approximate surface area is 144 Å². The van der Waals surface area contributed by atoms with Crippen LogP contribution < -0.4 is 0 Å². The van der Waals surface area contributed by atoms with E-state index in [9.17, 15) is 0 Å². The molecule has 0 aliphatic carbocycles. The van der Waals surface area contributed by atoms with Crippen LogP contribution in [-0.2, 0) is 19.5 Å². The monoisotopic (exact) mass is 331 g/mol. The van der Waals surface area contributed by atoms with Crippen LogP contribution in [0.25, 0.3) is 22.5 Å². The summed E-state index contributed by atoms with van der Waals surface area (Å²) >= 11 is 0. The molecule has 1 aliphatic rings. The van der Waals surface area contributed by atoms with Crippen LogP contribution in [0.15, 0.2) is 53.3 Å². The molecule has 1 N–H and O–H groups in total. The van der Waals surface area contributed by atoms with Gasteiger partial charge in [0.2, 0.25) is 0 Å². The Bertz CT molecular complexity index is 1020. The third kappa shape index (κ3) is 2.60. The molecule has 0 bridgehead atoms. The average molecular weight is 331 g/mol. The summed E-state index contributed by atoms with van der Waals surface area (Å²) in [4.78, 5) is 11.6. The molecular weight excluding hydrogens is 314 g/mol. The van der Waals surface area contributed by atoms with E-state index in [4.69, 9.17) is 4.42 Å². The topological polar surface area (TPSA) is 70.8 Å². The van der Waals surface area contributed by atoms with Crippen molar-refractivity contribution in [2.45, 2.75) is 19.5 Å². The van der Waals surface area contributed by atoms with Gasteiger partial charge in [-0.1, -0.05) is 18.2 Å². The van der Waals surface area contributed by atoms with Crippen LogP contribution in [0, 0.1) is 0 Å². The molecule has 0 atom stereocenters. The number of H-pyrrole nitrogens is 1. The van der Waals surface area contributed by atoms with Gasteiger partial charge >= 0.3 is 0 Å². The van der Waals surface area contributed by atoms with E-state index in [1.165, 1.54) is 10.9 Å². The summed E-state index contributed by atoms with van der Waals surface area (Å²) in [5.74, 6) is 1.38. The maximum Gasteiger partial charge on any atom is 0.195 e. The lowest BCUT2D eigenvalue weighted by Gasteiger charge is -2.27. The van der Waals surface area contributed by atoms with Crippen LogP contribution in [0.4, 0.5) is 0 Å². The van der Waals surface area contributed by atoms with E-state index < -0.39 is 0 Å². The molecule has 6 nitrogen and oxygen atoms in total. The second-order valence-corrected chi connectivity index (χ2v) is 6.32. The van der Waals surface area contributed by atoms with Crippen molar-refractivity contribution in [2.24, 2.45) is 0 Å². The van der Waals surface area contributed by atoms with E-state index in [0.717, 1.165) is 43.0 Å². The molecule has 25 heavy (non-hydrogen) atoms. The summed E-state index contributed by atoms with van der Waals surface area (Å²) in [6.07, 6.45) is 4.49.